The number of alkyl halides is 4. The molecule has 0 saturated heterocycles. The first-order valence-electron chi connectivity index (χ1n) is 5.32. The fourth-order valence-electron chi connectivity index (χ4n) is 2.59. The van der Waals surface area contributed by atoms with Gasteiger partial charge in [-0.1, -0.05) is 6.92 Å². The summed E-state index contributed by atoms with van der Waals surface area (Å²) in [6, 6.07) is -1.25. The lowest BCUT2D eigenvalue weighted by Gasteiger charge is -2.27. The standard InChI is InChI=1S/C10H14F4N2/c1-3-16-8-6(7(15-16)9(11)12)5(2)4-10(8,13)14/h5,7,9,15H,3-4H2,1-2H3/t5-,7?/m0/s1. The topological polar surface area (TPSA) is 15.3 Å². The molecule has 1 N–H and O–H groups in total. The summed E-state index contributed by atoms with van der Waals surface area (Å²) >= 11 is 0. The average molecular weight is 238 g/mol. The molecule has 2 atom stereocenters. The highest BCUT2D eigenvalue weighted by molar-refractivity contribution is 5.36. The predicted octanol–water partition coefficient (Wildman–Crippen LogP) is 2.39. The van der Waals surface area contributed by atoms with Crippen molar-refractivity contribution in [2.45, 2.75) is 38.7 Å². The van der Waals surface area contributed by atoms with E-state index in [1.165, 1.54) is 0 Å². The second-order valence-corrected chi connectivity index (χ2v) is 4.30. The van der Waals surface area contributed by atoms with Crippen LogP contribution in [0.5, 0.6) is 0 Å². The van der Waals surface area contributed by atoms with E-state index in [1.54, 1.807) is 13.8 Å². The molecule has 0 aromatic heterocycles. The second kappa shape index (κ2) is 3.61. The molecule has 0 saturated carbocycles. The van der Waals surface area contributed by atoms with Crippen molar-refractivity contribution in [2.24, 2.45) is 5.92 Å². The molecular formula is C10H14F4N2. The van der Waals surface area contributed by atoms with Gasteiger partial charge in [0.05, 0.1) is 5.70 Å². The van der Waals surface area contributed by atoms with E-state index >= 15 is 0 Å². The van der Waals surface area contributed by atoms with Crippen molar-refractivity contribution in [1.29, 1.82) is 0 Å². The Labute approximate surface area is 91.3 Å². The summed E-state index contributed by atoms with van der Waals surface area (Å²) in [4.78, 5) is 0. The Morgan fingerprint density at radius 1 is 1.50 bits per heavy atom. The quantitative estimate of drug-likeness (QED) is 0.743. The van der Waals surface area contributed by atoms with Crippen LogP contribution in [0, 0.1) is 5.92 Å². The van der Waals surface area contributed by atoms with E-state index in [0.29, 0.717) is 0 Å². The number of rotatable bonds is 2. The van der Waals surface area contributed by atoms with Crippen LogP contribution in [-0.4, -0.2) is 29.9 Å². The van der Waals surface area contributed by atoms with Gasteiger partial charge < -0.3 is 5.01 Å². The van der Waals surface area contributed by atoms with Gasteiger partial charge in [-0.2, -0.15) is 8.78 Å². The average Bonchev–Trinajstić information content (AvgIpc) is 2.65. The molecule has 0 radical (unpaired) electrons. The SMILES string of the molecule is CCN1NC(C(F)F)C2=C1C(F)(F)C[C@@H]2C. The summed E-state index contributed by atoms with van der Waals surface area (Å²) in [6.07, 6.45) is -3.02. The third-order valence-corrected chi connectivity index (χ3v) is 3.18. The predicted molar refractivity (Wildman–Crippen MR) is 51.1 cm³/mol. The number of nitrogens with one attached hydrogen (secondary N) is 1. The molecule has 92 valence electrons. The maximum atomic E-state index is 13.6. The van der Waals surface area contributed by atoms with Crippen molar-refractivity contribution in [3.63, 3.8) is 0 Å². The minimum absolute atomic E-state index is 0.182. The molecule has 0 aromatic rings. The zero-order valence-corrected chi connectivity index (χ0v) is 9.11. The number of allylic oxidation sites excluding steroid dienone is 1. The van der Waals surface area contributed by atoms with Crippen molar-refractivity contribution in [3.05, 3.63) is 11.3 Å². The molecule has 2 aliphatic rings. The third kappa shape index (κ3) is 1.50. The van der Waals surface area contributed by atoms with Gasteiger partial charge >= 0.3 is 0 Å². The molecule has 1 aliphatic carbocycles. The van der Waals surface area contributed by atoms with E-state index in [1.807, 2.05) is 0 Å². The highest BCUT2D eigenvalue weighted by atomic mass is 19.3. The van der Waals surface area contributed by atoms with Gasteiger partial charge in [0.1, 0.15) is 6.04 Å². The molecular weight excluding hydrogens is 224 g/mol. The molecule has 1 unspecified atom stereocenters. The Morgan fingerprint density at radius 2 is 2.12 bits per heavy atom. The van der Waals surface area contributed by atoms with Crippen LogP contribution in [0.2, 0.25) is 0 Å². The van der Waals surface area contributed by atoms with Crippen molar-refractivity contribution in [3.8, 4) is 0 Å². The number of halogens is 4. The molecule has 0 bridgehead atoms. The second-order valence-electron chi connectivity index (χ2n) is 4.30. The number of nitrogens with zero attached hydrogens (tertiary/aromatic N) is 1. The van der Waals surface area contributed by atoms with E-state index in [9.17, 15) is 17.6 Å². The highest BCUT2D eigenvalue weighted by Crippen LogP contribution is 2.49. The molecule has 0 amide bonds. The normalized spacial score (nSPS) is 32.8. The smallest absolute Gasteiger partial charge is 0.289 e. The van der Waals surface area contributed by atoms with Gasteiger partial charge in [-0.3, -0.25) is 0 Å². The molecule has 1 aliphatic heterocycles. The molecule has 0 aromatic carbocycles. The Balaban J connectivity index is 2.41. The summed E-state index contributed by atoms with van der Waals surface area (Å²) in [7, 11) is 0. The lowest BCUT2D eigenvalue weighted by Crippen LogP contribution is -2.45. The molecule has 0 spiro atoms. The fraction of sp³-hybridized carbons (Fsp3) is 0.800. The molecule has 1 heterocycles. The molecule has 2 nitrogen and oxygen atoms in total. The van der Waals surface area contributed by atoms with Crippen LogP contribution >= 0.6 is 0 Å². The molecule has 16 heavy (non-hydrogen) atoms. The van der Waals surface area contributed by atoms with Crippen LogP contribution in [0.25, 0.3) is 0 Å². The van der Waals surface area contributed by atoms with E-state index in [-0.39, 0.29) is 24.2 Å². The third-order valence-electron chi connectivity index (χ3n) is 3.18. The largest absolute Gasteiger partial charge is 0.306 e. The lowest BCUT2D eigenvalue weighted by molar-refractivity contribution is -0.00680. The summed E-state index contributed by atoms with van der Waals surface area (Å²) < 4.78 is 52.8. The van der Waals surface area contributed by atoms with Crippen molar-refractivity contribution < 1.29 is 17.6 Å². The Bertz CT molecular complexity index is 327. The number of hydrazine groups is 1. The Morgan fingerprint density at radius 3 is 2.62 bits per heavy atom. The Kier molecular flexibility index (Phi) is 2.64. The summed E-state index contributed by atoms with van der Waals surface area (Å²) in [6.45, 7) is 3.49. The van der Waals surface area contributed by atoms with Crippen molar-refractivity contribution in [2.75, 3.05) is 6.54 Å². The summed E-state index contributed by atoms with van der Waals surface area (Å²) in [5.74, 6) is -3.48. The van der Waals surface area contributed by atoms with Crippen LogP contribution < -0.4 is 5.43 Å². The highest BCUT2D eigenvalue weighted by Gasteiger charge is 2.54. The monoisotopic (exact) mass is 238 g/mol. The summed E-state index contributed by atoms with van der Waals surface area (Å²) in [5, 5.41) is 1.16. The van der Waals surface area contributed by atoms with Crippen LogP contribution in [0.1, 0.15) is 20.3 Å². The number of hydrogen-bond donors (Lipinski definition) is 1. The van der Waals surface area contributed by atoms with E-state index < -0.39 is 24.3 Å². The first kappa shape index (κ1) is 11.7. The van der Waals surface area contributed by atoms with Gasteiger partial charge in [0.2, 0.25) is 0 Å². The van der Waals surface area contributed by atoms with Crippen LogP contribution in [0.15, 0.2) is 11.3 Å². The van der Waals surface area contributed by atoms with E-state index in [0.717, 1.165) is 5.01 Å². The zero-order chi connectivity index (χ0) is 12.1. The minimum Gasteiger partial charge on any atom is -0.306 e. The molecule has 0 fully saturated rings. The van der Waals surface area contributed by atoms with Gasteiger partial charge in [0.25, 0.3) is 12.3 Å². The van der Waals surface area contributed by atoms with Gasteiger partial charge in [0.15, 0.2) is 0 Å². The molecule has 6 heteroatoms. The maximum absolute atomic E-state index is 13.6. The first-order valence-corrected chi connectivity index (χ1v) is 5.32. The maximum Gasteiger partial charge on any atom is 0.289 e. The zero-order valence-electron chi connectivity index (χ0n) is 9.11. The van der Waals surface area contributed by atoms with Crippen LogP contribution in [0.3, 0.4) is 0 Å². The van der Waals surface area contributed by atoms with Crippen molar-refractivity contribution >= 4 is 0 Å². The van der Waals surface area contributed by atoms with Gasteiger partial charge in [-0.15, -0.1) is 0 Å². The van der Waals surface area contributed by atoms with Crippen LogP contribution in [0.4, 0.5) is 17.6 Å². The van der Waals surface area contributed by atoms with Gasteiger partial charge in [-0.05, 0) is 18.4 Å². The lowest BCUT2D eigenvalue weighted by atomic mass is 9.98. The van der Waals surface area contributed by atoms with Crippen molar-refractivity contribution in [1.82, 2.24) is 10.4 Å². The van der Waals surface area contributed by atoms with E-state index in [4.69, 9.17) is 0 Å². The van der Waals surface area contributed by atoms with Gasteiger partial charge in [-0.25, -0.2) is 14.2 Å². The minimum atomic E-state index is -2.98. The van der Waals surface area contributed by atoms with Crippen LogP contribution in [-0.2, 0) is 0 Å². The fourth-order valence-corrected chi connectivity index (χ4v) is 2.59. The Hall–Kier alpha value is -0.780. The van der Waals surface area contributed by atoms with E-state index in [2.05, 4.69) is 5.43 Å². The first-order chi connectivity index (χ1) is 7.38. The summed E-state index contributed by atoms with van der Waals surface area (Å²) in [5.41, 5.74) is 2.41. The molecule has 2 rings (SSSR count). The number of hydrogen-bond acceptors (Lipinski definition) is 2. The van der Waals surface area contributed by atoms with Gasteiger partial charge in [0, 0.05) is 13.0 Å².